The maximum atomic E-state index is 12.0. The van der Waals surface area contributed by atoms with Crippen molar-refractivity contribution in [3.63, 3.8) is 0 Å². The van der Waals surface area contributed by atoms with E-state index >= 15 is 0 Å². The van der Waals surface area contributed by atoms with Crippen molar-refractivity contribution in [2.45, 2.75) is 6.61 Å². The number of carbonyl (C=O) groups is 1. The number of aliphatic hydroxyl groups is 1. The van der Waals surface area contributed by atoms with Crippen molar-refractivity contribution in [2.24, 2.45) is 0 Å². The number of aliphatic hydroxyl groups excluding tert-OH is 1. The van der Waals surface area contributed by atoms with Gasteiger partial charge in [0, 0.05) is 35.9 Å². The molecule has 0 saturated carbocycles. The summed E-state index contributed by atoms with van der Waals surface area (Å²) in [6.07, 6.45) is 11.6. The summed E-state index contributed by atoms with van der Waals surface area (Å²) >= 11 is 0. The van der Waals surface area contributed by atoms with Gasteiger partial charge in [0.25, 0.3) is 0 Å². The van der Waals surface area contributed by atoms with Gasteiger partial charge in [-0.3, -0.25) is 9.78 Å². The predicted molar refractivity (Wildman–Crippen MR) is 91.4 cm³/mol. The fourth-order valence-corrected chi connectivity index (χ4v) is 2.19. The Labute approximate surface area is 139 Å². The molecular weight excluding hydrogens is 304 g/mol. The summed E-state index contributed by atoms with van der Waals surface area (Å²) in [5.74, 6) is -0.281. The van der Waals surface area contributed by atoms with Crippen LogP contribution in [0, 0.1) is 0 Å². The molecule has 0 bridgehead atoms. The van der Waals surface area contributed by atoms with E-state index in [1.54, 1.807) is 30.9 Å². The summed E-state index contributed by atoms with van der Waals surface area (Å²) in [6.45, 7) is -0.155. The zero-order valence-electron chi connectivity index (χ0n) is 12.8. The molecule has 0 atom stereocenters. The molecule has 0 aliphatic rings. The molecule has 6 heteroatoms. The first-order chi connectivity index (χ1) is 11.8. The van der Waals surface area contributed by atoms with Crippen LogP contribution in [0.4, 0.5) is 5.69 Å². The number of imidazole rings is 1. The minimum absolute atomic E-state index is 0.155. The Hall–Kier alpha value is -3.25. The number of aromatic nitrogens is 3. The summed E-state index contributed by atoms with van der Waals surface area (Å²) in [7, 11) is 0. The van der Waals surface area contributed by atoms with Gasteiger partial charge in [-0.25, -0.2) is 4.98 Å². The summed E-state index contributed by atoms with van der Waals surface area (Å²) in [5, 5.41) is 11.9. The van der Waals surface area contributed by atoms with E-state index in [2.05, 4.69) is 15.3 Å². The van der Waals surface area contributed by atoms with Crippen molar-refractivity contribution >= 4 is 17.7 Å². The Morgan fingerprint density at radius 1 is 1.17 bits per heavy atom. The molecule has 2 aromatic heterocycles. The highest BCUT2D eigenvalue weighted by atomic mass is 16.3. The van der Waals surface area contributed by atoms with E-state index in [-0.39, 0.29) is 12.5 Å². The summed E-state index contributed by atoms with van der Waals surface area (Å²) < 4.78 is 1.90. The van der Waals surface area contributed by atoms with Gasteiger partial charge in [0.1, 0.15) is 0 Å². The van der Waals surface area contributed by atoms with Gasteiger partial charge in [0.05, 0.1) is 24.8 Å². The zero-order valence-corrected chi connectivity index (χ0v) is 12.8. The van der Waals surface area contributed by atoms with Crippen molar-refractivity contribution < 1.29 is 9.90 Å². The van der Waals surface area contributed by atoms with Crippen LogP contribution in [-0.4, -0.2) is 25.5 Å². The first-order valence-corrected chi connectivity index (χ1v) is 7.37. The molecule has 0 fully saturated rings. The van der Waals surface area contributed by atoms with E-state index in [0.717, 1.165) is 11.3 Å². The fraction of sp³-hybridized carbons (Fsp3) is 0.0556. The molecule has 0 aliphatic carbocycles. The lowest BCUT2D eigenvalue weighted by Gasteiger charge is -2.06. The van der Waals surface area contributed by atoms with Crippen molar-refractivity contribution in [3.05, 3.63) is 78.6 Å². The lowest BCUT2D eigenvalue weighted by molar-refractivity contribution is -0.111. The first kappa shape index (κ1) is 15.6. The molecule has 3 aromatic rings. The van der Waals surface area contributed by atoms with Gasteiger partial charge >= 0.3 is 0 Å². The number of benzene rings is 1. The van der Waals surface area contributed by atoms with Crippen LogP contribution in [-0.2, 0) is 11.4 Å². The Morgan fingerprint density at radius 3 is 2.71 bits per heavy atom. The number of hydrogen-bond donors (Lipinski definition) is 2. The molecule has 2 N–H and O–H groups in total. The Bertz CT molecular complexity index is 840. The third-order valence-corrected chi connectivity index (χ3v) is 3.46. The molecule has 0 unspecified atom stereocenters. The summed E-state index contributed by atoms with van der Waals surface area (Å²) in [6, 6.07) is 9.40. The van der Waals surface area contributed by atoms with Gasteiger partial charge in [-0.1, -0.05) is 12.1 Å². The lowest BCUT2D eigenvalue weighted by atomic mass is 10.2. The quantitative estimate of drug-likeness (QED) is 0.708. The molecule has 1 amide bonds. The SMILES string of the molecule is O=C(/C=C/c1ccc(-n2ccnc2)cc1)Nc1cnccc1CO. The van der Waals surface area contributed by atoms with E-state index in [1.807, 2.05) is 35.0 Å². The maximum absolute atomic E-state index is 12.0. The standard InChI is InChI=1S/C18H16N4O2/c23-12-15-7-8-19-11-17(15)21-18(24)6-3-14-1-4-16(5-2-14)22-10-9-20-13-22/h1-11,13,23H,12H2,(H,21,24)/b6-3+. The first-order valence-electron chi connectivity index (χ1n) is 7.37. The topological polar surface area (TPSA) is 80.0 Å². The van der Waals surface area contributed by atoms with Crippen LogP contribution in [0.1, 0.15) is 11.1 Å². The zero-order chi connectivity index (χ0) is 16.8. The number of rotatable bonds is 5. The highest BCUT2D eigenvalue weighted by molar-refractivity contribution is 6.02. The normalized spacial score (nSPS) is 10.9. The Balaban J connectivity index is 1.66. The van der Waals surface area contributed by atoms with E-state index in [4.69, 9.17) is 0 Å². The number of anilines is 1. The smallest absolute Gasteiger partial charge is 0.248 e. The average Bonchev–Trinajstić information content (AvgIpc) is 3.15. The highest BCUT2D eigenvalue weighted by Crippen LogP contribution is 2.14. The van der Waals surface area contributed by atoms with E-state index in [1.165, 1.54) is 12.3 Å². The second kappa shape index (κ2) is 7.34. The third kappa shape index (κ3) is 3.74. The second-order valence-corrected chi connectivity index (χ2v) is 5.08. The average molecular weight is 320 g/mol. The molecule has 6 nitrogen and oxygen atoms in total. The summed E-state index contributed by atoms with van der Waals surface area (Å²) in [4.78, 5) is 19.9. The Kier molecular flexibility index (Phi) is 4.78. The highest BCUT2D eigenvalue weighted by Gasteiger charge is 2.03. The van der Waals surface area contributed by atoms with E-state index < -0.39 is 0 Å². The van der Waals surface area contributed by atoms with Gasteiger partial charge in [-0.05, 0) is 29.8 Å². The molecule has 0 radical (unpaired) electrons. The van der Waals surface area contributed by atoms with Gasteiger partial charge in [-0.15, -0.1) is 0 Å². The minimum Gasteiger partial charge on any atom is -0.392 e. The fourth-order valence-electron chi connectivity index (χ4n) is 2.19. The largest absolute Gasteiger partial charge is 0.392 e. The minimum atomic E-state index is -0.281. The Morgan fingerprint density at radius 2 is 2.00 bits per heavy atom. The van der Waals surface area contributed by atoms with Crippen molar-refractivity contribution in [1.82, 2.24) is 14.5 Å². The van der Waals surface area contributed by atoms with Crippen LogP contribution in [0.3, 0.4) is 0 Å². The van der Waals surface area contributed by atoms with Crippen molar-refractivity contribution in [1.29, 1.82) is 0 Å². The van der Waals surface area contributed by atoms with Crippen LogP contribution in [0.15, 0.2) is 67.5 Å². The van der Waals surface area contributed by atoms with Crippen LogP contribution >= 0.6 is 0 Å². The molecule has 0 aliphatic heterocycles. The number of pyridine rings is 1. The van der Waals surface area contributed by atoms with Crippen molar-refractivity contribution in [3.8, 4) is 5.69 Å². The molecule has 120 valence electrons. The van der Waals surface area contributed by atoms with Gasteiger partial charge in [-0.2, -0.15) is 0 Å². The van der Waals surface area contributed by atoms with Crippen LogP contribution < -0.4 is 5.32 Å². The number of carbonyl (C=O) groups excluding carboxylic acids is 1. The van der Waals surface area contributed by atoms with Crippen LogP contribution in [0.25, 0.3) is 11.8 Å². The number of hydrogen-bond acceptors (Lipinski definition) is 4. The van der Waals surface area contributed by atoms with Gasteiger partial charge < -0.3 is 15.0 Å². The van der Waals surface area contributed by atoms with Gasteiger partial charge in [0.2, 0.25) is 5.91 Å². The number of nitrogens with zero attached hydrogens (tertiary/aromatic N) is 3. The van der Waals surface area contributed by atoms with E-state index in [9.17, 15) is 9.90 Å². The summed E-state index contributed by atoms with van der Waals surface area (Å²) in [5.41, 5.74) is 3.03. The maximum Gasteiger partial charge on any atom is 0.248 e. The van der Waals surface area contributed by atoms with Gasteiger partial charge in [0.15, 0.2) is 0 Å². The van der Waals surface area contributed by atoms with E-state index in [0.29, 0.717) is 11.3 Å². The molecule has 0 saturated heterocycles. The molecule has 3 rings (SSSR count). The number of nitrogens with one attached hydrogen (secondary N) is 1. The third-order valence-electron chi connectivity index (χ3n) is 3.46. The molecule has 0 spiro atoms. The second-order valence-electron chi connectivity index (χ2n) is 5.08. The van der Waals surface area contributed by atoms with Crippen molar-refractivity contribution in [2.75, 3.05) is 5.32 Å². The number of amides is 1. The predicted octanol–water partition coefficient (Wildman–Crippen LogP) is 2.41. The molecule has 1 aromatic carbocycles. The molecular formula is C18H16N4O2. The molecule has 24 heavy (non-hydrogen) atoms. The van der Waals surface area contributed by atoms with Crippen LogP contribution in [0.5, 0.6) is 0 Å². The monoisotopic (exact) mass is 320 g/mol. The lowest BCUT2D eigenvalue weighted by Crippen LogP contribution is -2.10. The van der Waals surface area contributed by atoms with Crippen LogP contribution in [0.2, 0.25) is 0 Å². The molecule has 2 heterocycles.